The van der Waals surface area contributed by atoms with Crippen molar-refractivity contribution in [1.82, 2.24) is 9.96 Å². The largest absolute Gasteiger partial charge is 0.403 e. The number of carbonyl (C=O) groups excluding carboxylic acids is 2. The number of amides is 2. The van der Waals surface area contributed by atoms with E-state index in [-0.39, 0.29) is 11.8 Å². The smallest absolute Gasteiger partial charge is 0.252 e. The monoisotopic (exact) mass is 281 g/mol. The van der Waals surface area contributed by atoms with Crippen molar-refractivity contribution >= 4 is 28.2 Å². The van der Waals surface area contributed by atoms with Crippen molar-refractivity contribution in [2.24, 2.45) is 0 Å². The molecule has 3 rings (SSSR count). The number of thiophene rings is 1. The summed E-state index contributed by atoms with van der Waals surface area (Å²) in [5.41, 5.74) is 5.99. The molecule has 0 spiro atoms. The molecule has 1 atom stereocenters. The van der Waals surface area contributed by atoms with E-state index in [2.05, 4.69) is 0 Å². The van der Waals surface area contributed by atoms with Crippen molar-refractivity contribution in [2.75, 3.05) is 12.8 Å². The van der Waals surface area contributed by atoms with E-state index in [4.69, 9.17) is 10.6 Å². The van der Waals surface area contributed by atoms with Gasteiger partial charge < -0.3 is 10.6 Å². The van der Waals surface area contributed by atoms with Gasteiger partial charge in [0.15, 0.2) is 5.75 Å². The van der Waals surface area contributed by atoms with Crippen LogP contribution < -0.4 is 10.6 Å². The number of likely N-dealkylation sites (N-methyl/N-ethyl adjacent to an activating group) is 1. The molecule has 0 aromatic carbocycles. The van der Waals surface area contributed by atoms with Crippen LogP contribution in [0, 0.1) is 0 Å². The molecule has 7 heteroatoms. The van der Waals surface area contributed by atoms with Crippen molar-refractivity contribution in [3.05, 3.63) is 10.9 Å². The molecular weight excluding hydrogens is 266 g/mol. The third kappa shape index (κ3) is 1.65. The van der Waals surface area contributed by atoms with E-state index >= 15 is 0 Å². The summed E-state index contributed by atoms with van der Waals surface area (Å²) in [6.07, 6.45) is 0.809. The zero-order chi connectivity index (χ0) is 13.8. The maximum atomic E-state index is 12.4. The van der Waals surface area contributed by atoms with E-state index in [1.165, 1.54) is 23.3 Å². The highest BCUT2D eigenvalue weighted by Gasteiger charge is 2.50. The standard InChI is InChI=1S/C12H15N3O3S/c1-12(4-3-9(16)14(2)11(12)17)15-5-7-8(18-15)6-19-10(7)13/h6H,3-5,13H2,1-2H3. The number of nitrogens with two attached hydrogens (primary N) is 1. The first-order valence-electron chi connectivity index (χ1n) is 6.06. The molecular formula is C12H15N3O3S. The summed E-state index contributed by atoms with van der Waals surface area (Å²) in [7, 11) is 1.52. The number of likely N-dealkylation sites (tertiary alicyclic amines) is 1. The molecule has 1 saturated heterocycles. The highest BCUT2D eigenvalue weighted by Crippen LogP contribution is 2.42. The van der Waals surface area contributed by atoms with Crippen molar-refractivity contribution in [2.45, 2.75) is 31.8 Å². The Labute approximate surface area is 114 Å². The number of nitrogens with zero attached hydrogens (tertiary/aromatic N) is 2. The molecule has 0 aliphatic carbocycles. The number of rotatable bonds is 1. The minimum absolute atomic E-state index is 0.143. The van der Waals surface area contributed by atoms with Crippen molar-refractivity contribution in [3.8, 4) is 5.75 Å². The summed E-state index contributed by atoms with van der Waals surface area (Å²) in [5.74, 6) is 0.350. The zero-order valence-corrected chi connectivity index (χ0v) is 11.6. The van der Waals surface area contributed by atoms with Crippen molar-refractivity contribution < 1.29 is 14.4 Å². The molecule has 1 aromatic heterocycles. The maximum absolute atomic E-state index is 12.4. The van der Waals surface area contributed by atoms with Gasteiger partial charge in [0.1, 0.15) is 5.54 Å². The predicted molar refractivity (Wildman–Crippen MR) is 70.3 cm³/mol. The third-order valence-corrected chi connectivity index (χ3v) is 4.75. The van der Waals surface area contributed by atoms with E-state index in [1.807, 2.05) is 12.3 Å². The lowest BCUT2D eigenvalue weighted by Gasteiger charge is -2.40. The minimum Gasteiger partial charge on any atom is -0.403 e. The van der Waals surface area contributed by atoms with Gasteiger partial charge in [-0.25, -0.2) is 0 Å². The van der Waals surface area contributed by atoms with Crippen LogP contribution in [0.2, 0.25) is 0 Å². The van der Waals surface area contributed by atoms with Crippen LogP contribution in [-0.2, 0) is 16.1 Å². The number of nitrogen functional groups attached to an aromatic ring is 1. The van der Waals surface area contributed by atoms with Crippen molar-refractivity contribution in [1.29, 1.82) is 0 Å². The van der Waals surface area contributed by atoms with Crippen molar-refractivity contribution in [3.63, 3.8) is 0 Å². The Bertz CT molecular complexity index is 571. The zero-order valence-electron chi connectivity index (χ0n) is 10.8. The van der Waals surface area contributed by atoms with Gasteiger partial charge in [0.05, 0.1) is 11.5 Å². The van der Waals surface area contributed by atoms with Gasteiger partial charge in [-0.3, -0.25) is 14.5 Å². The molecule has 2 aliphatic heterocycles. The number of imide groups is 1. The number of carbonyl (C=O) groups is 2. The highest BCUT2D eigenvalue weighted by molar-refractivity contribution is 7.14. The molecule has 6 nitrogen and oxygen atoms in total. The van der Waals surface area contributed by atoms with Gasteiger partial charge >= 0.3 is 0 Å². The predicted octanol–water partition coefficient (Wildman–Crippen LogP) is 0.977. The number of piperidine rings is 1. The Morgan fingerprint density at radius 3 is 2.89 bits per heavy atom. The first-order valence-corrected chi connectivity index (χ1v) is 6.94. The lowest BCUT2D eigenvalue weighted by molar-refractivity contribution is -0.181. The first kappa shape index (κ1) is 12.4. The topological polar surface area (TPSA) is 75.9 Å². The fraction of sp³-hybridized carbons (Fsp3) is 0.500. The number of hydroxylamine groups is 2. The van der Waals surface area contributed by atoms with Gasteiger partial charge in [-0.1, -0.05) is 0 Å². The summed E-state index contributed by atoms with van der Waals surface area (Å²) in [5, 5.41) is 4.20. The highest BCUT2D eigenvalue weighted by atomic mass is 32.1. The van der Waals surface area contributed by atoms with Crippen LogP contribution in [0.4, 0.5) is 5.00 Å². The molecule has 1 aromatic rings. The molecule has 1 fully saturated rings. The van der Waals surface area contributed by atoms with E-state index in [0.29, 0.717) is 24.4 Å². The normalized spacial score (nSPS) is 27.6. The average Bonchev–Trinajstić information content (AvgIpc) is 2.95. The second-order valence-electron chi connectivity index (χ2n) is 5.10. The lowest BCUT2D eigenvalue weighted by Crippen LogP contribution is -2.61. The van der Waals surface area contributed by atoms with Gasteiger partial charge in [0.2, 0.25) is 5.91 Å². The molecule has 2 amide bonds. The van der Waals surface area contributed by atoms with E-state index in [0.717, 1.165) is 11.3 Å². The van der Waals surface area contributed by atoms with Crippen LogP contribution in [0.25, 0.3) is 0 Å². The maximum Gasteiger partial charge on any atom is 0.252 e. The molecule has 2 aliphatic rings. The average molecular weight is 281 g/mol. The number of anilines is 1. The lowest BCUT2D eigenvalue weighted by atomic mass is 9.89. The third-order valence-electron chi connectivity index (χ3n) is 3.91. The first-order chi connectivity index (χ1) is 8.93. The van der Waals surface area contributed by atoms with E-state index < -0.39 is 5.54 Å². The van der Waals surface area contributed by atoms with Crippen LogP contribution in [0.1, 0.15) is 25.3 Å². The van der Waals surface area contributed by atoms with Crippen LogP contribution in [0.5, 0.6) is 5.75 Å². The molecule has 19 heavy (non-hydrogen) atoms. The Morgan fingerprint density at radius 1 is 1.47 bits per heavy atom. The number of hydrogen-bond donors (Lipinski definition) is 1. The summed E-state index contributed by atoms with van der Waals surface area (Å²) in [4.78, 5) is 30.8. The fourth-order valence-corrected chi connectivity index (χ4v) is 3.24. The summed E-state index contributed by atoms with van der Waals surface area (Å²) in [6, 6.07) is 0. The molecule has 2 N–H and O–H groups in total. The summed E-state index contributed by atoms with van der Waals surface area (Å²) < 4.78 is 0. The van der Waals surface area contributed by atoms with Gasteiger partial charge in [0.25, 0.3) is 5.91 Å². The Balaban J connectivity index is 1.87. The Kier molecular flexibility index (Phi) is 2.58. The molecule has 102 valence electrons. The van der Waals surface area contributed by atoms with Crippen LogP contribution in [-0.4, -0.2) is 34.4 Å². The Morgan fingerprint density at radius 2 is 2.21 bits per heavy atom. The van der Waals surface area contributed by atoms with Crippen LogP contribution in [0.15, 0.2) is 5.38 Å². The molecule has 0 bridgehead atoms. The SMILES string of the molecule is CN1C(=O)CCC(C)(N2Cc3c(csc3N)O2)C1=O. The second-order valence-corrected chi connectivity index (χ2v) is 6.01. The van der Waals surface area contributed by atoms with Gasteiger partial charge in [-0.15, -0.1) is 16.4 Å². The van der Waals surface area contributed by atoms with Crippen LogP contribution in [0.3, 0.4) is 0 Å². The second kappa shape index (κ2) is 3.94. The van der Waals surface area contributed by atoms with Gasteiger partial charge in [0, 0.05) is 24.4 Å². The summed E-state index contributed by atoms with van der Waals surface area (Å²) in [6.45, 7) is 2.29. The molecule has 0 radical (unpaired) electrons. The molecule has 3 heterocycles. The fourth-order valence-electron chi connectivity index (χ4n) is 2.51. The molecule has 0 saturated carbocycles. The van der Waals surface area contributed by atoms with E-state index in [1.54, 1.807) is 5.06 Å². The van der Waals surface area contributed by atoms with Gasteiger partial charge in [-0.05, 0) is 13.3 Å². The van der Waals surface area contributed by atoms with E-state index in [9.17, 15) is 9.59 Å². The number of fused-ring (bicyclic) bond motifs is 1. The van der Waals surface area contributed by atoms with Gasteiger partial charge in [-0.2, -0.15) is 0 Å². The number of hydrogen-bond acceptors (Lipinski definition) is 6. The minimum atomic E-state index is -0.814. The van der Waals surface area contributed by atoms with Crippen LogP contribution >= 0.6 is 11.3 Å². The summed E-state index contributed by atoms with van der Waals surface area (Å²) >= 11 is 1.43. The molecule has 1 unspecified atom stereocenters. The quantitative estimate of drug-likeness (QED) is 0.776. The Hall–Kier alpha value is -1.60.